The number of hydrogen-bond donors (Lipinski definition) is 1. The average Bonchev–Trinajstić information content (AvgIpc) is 2.97. The Bertz CT molecular complexity index is 497. The minimum absolute atomic E-state index is 0.350. The van der Waals surface area contributed by atoms with Crippen LogP contribution in [0.3, 0.4) is 0 Å². The highest BCUT2D eigenvalue weighted by molar-refractivity contribution is 5.48. The summed E-state index contributed by atoms with van der Waals surface area (Å²) in [6.07, 6.45) is 7.29. The molecule has 0 amide bonds. The van der Waals surface area contributed by atoms with Crippen LogP contribution < -0.4 is 14.8 Å². The Morgan fingerprint density at radius 3 is 3.22 bits per heavy atom. The number of hydrogen-bond acceptors (Lipinski definition) is 3. The Kier molecular flexibility index (Phi) is 2.33. The van der Waals surface area contributed by atoms with Gasteiger partial charge in [-0.3, -0.25) is 0 Å². The molecule has 4 rings (SSSR count). The van der Waals surface area contributed by atoms with Crippen molar-refractivity contribution >= 4 is 0 Å². The van der Waals surface area contributed by atoms with E-state index in [0.717, 1.165) is 29.9 Å². The van der Waals surface area contributed by atoms with E-state index in [4.69, 9.17) is 9.47 Å². The summed E-state index contributed by atoms with van der Waals surface area (Å²) < 4.78 is 10.9. The van der Waals surface area contributed by atoms with E-state index in [-0.39, 0.29) is 0 Å². The maximum absolute atomic E-state index is 5.52. The van der Waals surface area contributed by atoms with Gasteiger partial charge < -0.3 is 14.8 Å². The van der Waals surface area contributed by atoms with E-state index < -0.39 is 0 Å². The first-order valence-electron chi connectivity index (χ1n) is 6.69. The highest BCUT2D eigenvalue weighted by Gasteiger charge is 2.40. The predicted octanol–water partition coefficient (Wildman–Crippen LogP) is 2.47. The van der Waals surface area contributed by atoms with E-state index in [1.807, 2.05) is 12.1 Å². The van der Waals surface area contributed by atoms with E-state index >= 15 is 0 Å². The molecular weight excluding hydrogens is 226 g/mol. The molecule has 1 fully saturated rings. The van der Waals surface area contributed by atoms with E-state index in [2.05, 4.69) is 23.5 Å². The average molecular weight is 243 g/mol. The molecule has 3 nitrogen and oxygen atoms in total. The largest absolute Gasteiger partial charge is 0.454 e. The van der Waals surface area contributed by atoms with Crippen molar-refractivity contribution in [1.29, 1.82) is 0 Å². The number of rotatable bonds is 3. The van der Waals surface area contributed by atoms with Crippen molar-refractivity contribution in [2.24, 2.45) is 11.8 Å². The Morgan fingerprint density at radius 2 is 2.28 bits per heavy atom. The first-order valence-corrected chi connectivity index (χ1v) is 6.69. The Balaban J connectivity index is 1.43. The molecule has 1 heterocycles. The third kappa shape index (κ3) is 1.54. The van der Waals surface area contributed by atoms with Gasteiger partial charge in [0.2, 0.25) is 6.79 Å². The topological polar surface area (TPSA) is 30.5 Å². The maximum atomic E-state index is 5.52. The summed E-state index contributed by atoms with van der Waals surface area (Å²) in [7, 11) is 0. The van der Waals surface area contributed by atoms with Crippen molar-refractivity contribution in [2.45, 2.75) is 25.4 Å². The van der Waals surface area contributed by atoms with Gasteiger partial charge in [0.15, 0.2) is 11.5 Å². The lowest BCUT2D eigenvalue weighted by Gasteiger charge is -2.40. The first kappa shape index (κ1) is 10.4. The van der Waals surface area contributed by atoms with Crippen molar-refractivity contribution < 1.29 is 9.47 Å². The molecule has 0 aromatic heterocycles. The summed E-state index contributed by atoms with van der Waals surface area (Å²) in [5.41, 5.74) is 1.20. The van der Waals surface area contributed by atoms with Gasteiger partial charge in [0.05, 0.1) is 0 Å². The van der Waals surface area contributed by atoms with E-state index in [9.17, 15) is 0 Å². The third-order valence-corrected chi connectivity index (χ3v) is 4.40. The standard InChI is InChI=1S/C15H17NO2/c1-3-10-7-13(12(10)5-1)16-8-11-4-2-6-14-15(11)18-9-17-14/h1-2,4-6,10,12-13,16H,3,7-9H2. The molecular formula is C15H17NO2. The van der Waals surface area contributed by atoms with Gasteiger partial charge in [-0.25, -0.2) is 0 Å². The molecule has 1 N–H and O–H groups in total. The highest BCUT2D eigenvalue weighted by atomic mass is 16.7. The van der Waals surface area contributed by atoms with Crippen LogP contribution in [0, 0.1) is 11.8 Å². The van der Waals surface area contributed by atoms with Gasteiger partial charge in [-0.1, -0.05) is 24.3 Å². The molecule has 3 heteroatoms. The third-order valence-electron chi connectivity index (χ3n) is 4.40. The van der Waals surface area contributed by atoms with Gasteiger partial charge in [-0.2, -0.15) is 0 Å². The second kappa shape index (κ2) is 4.02. The van der Waals surface area contributed by atoms with Crippen molar-refractivity contribution in [2.75, 3.05) is 6.79 Å². The minimum Gasteiger partial charge on any atom is -0.454 e. The summed E-state index contributed by atoms with van der Waals surface area (Å²) in [5.74, 6) is 3.46. The summed E-state index contributed by atoms with van der Waals surface area (Å²) in [6.45, 7) is 1.22. The van der Waals surface area contributed by atoms with Crippen LogP contribution >= 0.6 is 0 Å². The number of allylic oxidation sites excluding steroid dienone is 1. The fraction of sp³-hybridized carbons (Fsp3) is 0.467. The number of para-hydroxylation sites is 1. The summed E-state index contributed by atoms with van der Waals surface area (Å²) in [4.78, 5) is 0. The lowest BCUT2D eigenvalue weighted by Crippen LogP contribution is -2.47. The zero-order chi connectivity index (χ0) is 11.9. The van der Waals surface area contributed by atoms with E-state index in [0.29, 0.717) is 12.8 Å². The molecule has 0 spiro atoms. The summed E-state index contributed by atoms with van der Waals surface area (Å²) >= 11 is 0. The number of nitrogens with one attached hydrogen (secondary N) is 1. The van der Waals surface area contributed by atoms with Crippen LogP contribution in [0.5, 0.6) is 11.5 Å². The van der Waals surface area contributed by atoms with Crippen LogP contribution in [0.15, 0.2) is 30.4 Å². The van der Waals surface area contributed by atoms with E-state index in [1.165, 1.54) is 18.4 Å². The Hall–Kier alpha value is -1.48. The van der Waals surface area contributed by atoms with Crippen LogP contribution in [-0.4, -0.2) is 12.8 Å². The molecule has 1 aromatic rings. The maximum Gasteiger partial charge on any atom is 0.231 e. The van der Waals surface area contributed by atoms with Gasteiger partial charge in [0, 0.05) is 18.2 Å². The lowest BCUT2D eigenvalue weighted by molar-refractivity contribution is 0.160. The first-order chi connectivity index (χ1) is 8.92. The van der Waals surface area contributed by atoms with Gasteiger partial charge in [0.25, 0.3) is 0 Å². The van der Waals surface area contributed by atoms with Crippen LogP contribution in [0.1, 0.15) is 18.4 Å². The predicted molar refractivity (Wildman–Crippen MR) is 68.5 cm³/mol. The van der Waals surface area contributed by atoms with E-state index in [1.54, 1.807) is 0 Å². The molecule has 3 aliphatic rings. The second-order valence-electron chi connectivity index (χ2n) is 5.38. The Labute approximate surface area is 107 Å². The minimum atomic E-state index is 0.350. The molecule has 3 atom stereocenters. The smallest absolute Gasteiger partial charge is 0.231 e. The number of benzene rings is 1. The molecule has 0 bridgehead atoms. The van der Waals surface area contributed by atoms with Gasteiger partial charge >= 0.3 is 0 Å². The molecule has 3 unspecified atom stereocenters. The van der Waals surface area contributed by atoms with Crippen LogP contribution in [0.2, 0.25) is 0 Å². The quantitative estimate of drug-likeness (QED) is 0.827. The van der Waals surface area contributed by atoms with Gasteiger partial charge in [-0.15, -0.1) is 0 Å². The van der Waals surface area contributed by atoms with Crippen molar-refractivity contribution in [3.05, 3.63) is 35.9 Å². The zero-order valence-corrected chi connectivity index (χ0v) is 10.3. The fourth-order valence-corrected chi connectivity index (χ4v) is 3.32. The van der Waals surface area contributed by atoms with Crippen molar-refractivity contribution in [1.82, 2.24) is 5.32 Å². The van der Waals surface area contributed by atoms with Crippen molar-refractivity contribution in [3.63, 3.8) is 0 Å². The highest BCUT2D eigenvalue weighted by Crippen LogP contribution is 2.43. The Morgan fingerprint density at radius 1 is 1.28 bits per heavy atom. The fourth-order valence-electron chi connectivity index (χ4n) is 3.32. The number of fused-ring (bicyclic) bond motifs is 2. The summed E-state index contributed by atoms with van der Waals surface area (Å²) in [6, 6.07) is 6.75. The van der Waals surface area contributed by atoms with Crippen LogP contribution in [0.25, 0.3) is 0 Å². The molecule has 94 valence electrons. The molecule has 1 aliphatic heterocycles. The van der Waals surface area contributed by atoms with Crippen LogP contribution in [-0.2, 0) is 6.54 Å². The molecule has 18 heavy (non-hydrogen) atoms. The monoisotopic (exact) mass is 243 g/mol. The summed E-state index contributed by atoms with van der Waals surface area (Å²) in [5, 5.41) is 3.65. The molecule has 0 saturated heterocycles. The molecule has 0 radical (unpaired) electrons. The van der Waals surface area contributed by atoms with Crippen molar-refractivity contribution in [3.8, 4) is 11.5 Å². The van der Waals surface area contributed by atoms with Crippen LogP contribution in [0.4, 0.5) is 0 Å². The second-order valence-corrected chi connectivity index (χ2v) is 5.38. The normalized spacial score (nSPS) is 31.2. The molecule has 1 saturated carbocycles. The van der Waals surface area contributed by atoms with Gasteiger partial charge in [0.1, 0.15) is 0 Å². The lowest BCUT2D eigenvalue weighted by atomic mass is 9.71. The number of ether oxygens (including phenoxy) is 2. The van der Waals surface area contributed by atoms with Gasteiger partial charge in [-0.05, 0) is 30.7 Å². The molecule has 1 aromatic carbocycles. The molecule has 2 aliphatic carbocycles. The zero-order valence-electron chi connectivity index (χ0n) is 10.3. The SMILES string of the molecule is C1=CC2C(C1)CC2NCc1cccc2c1OCO2.